The molecule has 42 heavy (non-hydrogen) atoms. The number of aliphatic imine (C=N–C) groups is 1. The second-order valence-corrected chi connectivity index (χ2v) is 8.73. The van der Waals surface area contributed by atoms with E-state index in [0.29, 0.717) is 36.2 Å². The van der Waals surface area contributed by atoms with Gasteiger partial charge in [0.15, 0.2) is 11.5 Å². The number of aliphatic hydroxyl groups excluding tert-OH is 1. The Labute approximate surface area is 238 Å². The fourth-order valence-electron chi connectivity index (χ4n) is 3.61. The van der Waals surface area contributed by atoms with Crippen molar-refractivity contribution in [2.24, 2.45) is 15.9 Å². The molecule has 0 saturated carbocycles. The Hall–Kier alpha value is -4.92. The number of benzene rings is 1. The number of nitrogens with two attached hydrogens (primary N) is 1. The Balaban J connectivity index is 1.45. The van der Waals surface area contributed by atoms with Crippen molar-refractivity contribution in [2.45, 2.75) is 32.0 Å². The number of hydrogen-bond acceptors (Lipinski definition) is 10. The van der Waals surface area contributed by atoms with E-state index in [1.54, 1.807) is 30.3 Å². The van der Waals surface area contributed by atoms with Gasteiger partial charge in [0.2, 0.25) is 5.91 Å². The third kappa shape index (κ3) is 10.9. The summed E-state index contributed by atoms with van der Waals surface area (Å²) in [4.78, 5) is 32.6. The summed E-state index contributed by atoms with van der Waals surface area (Å²) in [5, 5.41) is 25.3. The molecule has 15 heteroatoms. The van der Waals surface area contributed by atoms with Crippen LogP contribution in [0.4, 0.5) is 19.0 Å². The van der Waals surface area contributed by atoms with Gasteiger partial charge in [0.25, 0.3) is 5.91 Å². The molecular weight excluding hydrogens is 557 g/mol. The molecule has 0 saturated heterocycles. The van der Waals surface area contributed by atoms with E-state index in [9.17, 15) is 22.8 Å². The fraction of sp³-hybridized carbons (Fsp3) is 0.296. The number of aryl methyl sites for hydroxylation is 1. The highest BCUT2D eigenvalue weighted by Crippen LogP contribution is 2.28. The van der Waals surface area contributed by atoms with Crippen LogP contribution in [0.15, 0.2) is 64.8 Å². The zero-order valence-electron chi connectivity index (χ0n) is 22.3. The summed E-state index contributed by atoms with van der Waals surface area (Å²) in [5.41, 5.74) is 2.14. The number of nitrogens with zero attached hydrogens (tertiary/aromatic N) is 5. The van der Waals surface area contributed by atoms with Gasteiger partial charge >= 0.3 is 6.36 Å². The lowest BCUT2D eigenvalue weighted by atomic mass is 10.1. The maximum absolute atomic E-state index is 12.5. The van der Waals surface area contributed by atoms with Gasteiger partial charge in [-0.15, -0.1) is 18.3 Å². The number of rotatable bonds is 14. The first-order chi connectivity index (χ1) is 20.2. The van der Waals surface area contributed by atoms with Crippen molar-refractivity contribution >= 4 is 29.6 Å². The highest BCUT2D eigenvalue weighted by Gasteiger charge is 2.31. The summed E-state index contributed by atoms with van der Waals surface area (Å²) < 4.78 is 41.6. The molecule has 3 rings (SSSR count). The number of pyridine rings is 1. The number of amides is 2. The number of nitrogens with one attached hydrogen (secondary N) is 2. The van der Waals surface area contributed by atoms with Crippen molar-refractivity contribution in [2.75, 3.05) is 25.0 Å². The van der Waals surface area contributed by atoms with E-state index >= 15 is 0 Å². The average Bonchev–Trinajstić information content (AvgIpc) is 2.95. The summed E-state index contributed by atoms with van der Waals surface area (Å²) >= 11 is 0. The molecule has 0 bridgehead atoms. The zero-order chi connectivity index (χ0) is 30.4. The molecule has 2 heterocycles. The minimum Gasteiger partial charge on any atom is -0.406 e. The number of aromatic nitrogens is 3. The molecule has 0 aliphatic carbocycles. The number of halogens is 3. The van der Waals surface area contributed by atoms with E-state index in [1.165, 1.54) is 30.6 Å². The van der Waals surface area contributed by atoms with E-state index in [4.69, 9.17) is 10.9 Å². The lowest BCUT2D eigenvalue weighted by Crippen LogP contribution is -2.34. The van der Waals surface area contributed by atoms with E-state index in [-0.39, 0.29) is 42.8 Å². The average molecular weight is 587 g/mol. The first-order valence-corrected chi connectivity index (χ1v) is 12.8. The second kappa shape index (κ2) is 15.8. The SMILES string of the molecule is NN=C(C=NCCCCc1ccc(NC(=O)Cc2cc(-c3cccc(OC(F)(F)F)c3)ccn2)nn1)C(=O)NCCO. The number of hydrogen-bond donors (Lipinski definition) is 4. The normalized spacial score (nSPS) is 11.9. The van der Waals surface area contributed by atoms with Crippen LogP contribution in [0.25, 0.3) is 11.1 Å². The number of anilines is 1. The molecule has 0 spiro atoms. The van der Waals surface area contributed by atoms with Gasteiger partial charge in [0.05, 0.1) is 30.6 Å². The summed E-state index contributed by atoms with van der Waals surface area (Å²) in [6.07, 6.45) is -0.0648. The maximum atomic E-state index is 12.5. The number of hydrazone groups is 1. The Morgan fingerprint density at radius 1 is 1.05 bits per heavy atom. The van der Waals surface area contributed by atoms with Crippen LogP contribution in [0.2, 0.25) is 0 Å². The smallest absolute Gasteiger partial charge is 0.406 e. The van der Waals surface area contributed by atoms with Crippen molar-refractivity contribution in [3.05, 3.63) is 66.1 Å². The molecule has 1 aromatic carbocycles. The third-order valence-corrected chi connectivity index (χ3v) is 5.50. The summed E-state index contributed by atoms with van der Waals surface area (Å²) in [6, 6.07) is 12.1. The Morgan fingerprint density at radius 2 is 1.86 bits per heavy atom. The molecule has 5 N–H and O–H groups in total. The van der Waals surface area contributed by atoms with Gasteiger partial charge in [-0.3, -0.25) is 19.6 Å². The van der Waals surface area contributed by atoms with Gasteiger partial charge in [-0.05, 0) is 66.8 Å². The largest absolute Gasteiger partial charge is 0.573 e. The third-order valence-electron chi connectivity index (χ3n) is 5.50. The van der Waals surface area contributed by atoms with E-state index < -0.39 is 12.3 Å². The number of carbonyl (C=O) groups is 2. The van der Waals surface area contributed by atoms with Gasteiger partial charge in [0.1, 0.15) is 5.75 Å². The monoisotopic (exact) mass is 586 g/mol. The quantitative estimate of drug-likeness (QED) is 0.0963. The van der Waals surface area contributed by atoms with Crippen LogP contribution < -0.4 is 21.2 Å². The number of aliphatic hydroxyl groups is 1. The van der Waals surface area contributed by atoms with Crippen LogP contribution in [0.3, 0.4) is 0 Å². The summed E-state index contributed by atoms with van der Waals surface area (Å²) in [7, 11) is 0. The van der Waals surface area contributed by atoms with Crippen molar-refractivity contribution in [1.29, 1.82) is 0 Å². The topological polar surface area (TPSA) is 177 Å². The number of alkyl halides is 3. The first kappa shape index (κ1) is 31.6. The zero-order valence-corrected chi connectivity index (χ0v) is 22.3. The van der Waals surface area contributed by atoms with Crippen LogP contribution in [0.5, 0.6) is 5.75 Å². The minimum absolute atomic E-state index is 0.0415. The van der Waals surface area contributed by atoms with Crippen molar-refractivity contribution in [3.63, 3.8) is 0 Å². The summed E-state index contributed by atoms with van der Waals surface area (Å²) in [6.45, 7) is 0.332. The predicted molar refractivity (Wildman–Crippen MR) is 149 cm³/mol. The number of unbranched alkanes of at least 4 members (excludes halogenated alkanes) is 1. The molecule has 3 aromatic rings. The predicted octanol–water partition coefficient (Wildman–Crippen LogP) is 2.44. The van der Waals surface area contributed by atoms with E-state index in [0.717, 1.165) is 12.1 Å². The highest BCUT2D eigenvalue weighted by molar-refractivity contribution is 6.60. The Morgan fingerprint density at radius 3 is 2.57 bits per heavy atom. The maximum Gasteiger partial charge on any atom is 0.573 e. The molecule has 0 atom stereocenters. The molecule has 2 aromatic heterocycles. The molecule has 222 valence electrons. The molecule has 0 aliphatic heterocycles. The Bertz CT molecular complexity index is 1400. The van der Waals surface area contributed by atoms with Crippen molar-refractivity contribution < 1.29 is 32.6 Å². The second-order valence-electron chi connectivity index (χ2n) is 8.73. The standard InChI is InChI=1S/C27H29F3N8O4/c28-27(29,30)42-22-6-3-4-18(15-22)19-9-11-33-21(14-19)16-25(40)35-24-8-7-20(37-38-24)5-1-2-10-32-17-23(36-31)26(41)34-12-13-39/h3-4,6-9,11,14-15,17,39H,1-2,5,10,12-13,16,31H2,(H,34,41)(H,35,38,40). The van der Waals surface area contributed by atoms with Crippen molar-refractivity contribution in [1.82, 2.24) is 20.5 Å². The van der Waals surface area contributed by atoms with E-state index in [1.807, 2.05) is 0 Å². The lowest BCUT2D eigenvalue weighted by Gasteiger charge is -2.10. The van der Waals surface area contributed by atoms with Gasteiger partial charge in [-0.25, -0.2) is 0 Å². The number of carbonyl (C=O) groups excluding carboxylic acids is 2. The molecule has 0 aliphatic rings. The van der Waals surface area contributed by atoms with Crippen molar-refractivity contribution in [3.8, 4) is 16.9 Å². The molecule has 12 nitrogen and oxygen atoms in total. The van der Waals surface area contributed by atoms with Gasteiger partial charge in [-0.2, -0.15) is 10.2 Å². The first-order valence-electron chi connectivity index (χ1n) is 12.8. The Kier molecular flexibility index (Phi) is 11.9. The van der Waals surface area contributed by atoms with Gasteiger partial charge < -0.3 is 26.3 Å². The lowest BCUT2D eigenvalue weighted by molar-refractivity contribution is -0.274. The summed E-state index contributed by atoms with van der Waals surface area (Å²) in [5.74, 6) is 4.19. The molecule has 0 radical (unpaired) electrons. The molecule has 0 unspecified atom stereocenters. The minimum atomic E-state index is -4.80. The van der Waals surface area contributed by atoms with Gasteiger partial charge in [-0.1, -0.05) is 12.1 Å². The van der Waals surface area contributed by atoms with Crippen LogP contribution in [-0.2, 0) is 22.4 Å². The van der Waals surface area contributed by atoms with Crippen LogP contribution >= 0.6 is 0 Å². The molecular formula is C27H29F3N8O4. The van der Waals surface area contributed by atoms with Gasteiger partial charge in [0, 0.05) is 19.3 Å². The van der Waals surface area contributed by atoms with Crippen LogP contribution in [0.1, 0.15) is 24.2 Å². The van der Waals surface area contributed by atoms with E-state index in [2.05, 4.69) is 40.6 Å². The van der Waals surface area contributed by atoms with Crippen LogP contribution in [-0.4, -0.2) is 70.1 Å². The fourth-order valence-corrected chi connectivity index (χ4v) is 3.61. The molecule has 2 amide bonds. The molecule has 0 fully saturated rings. The number of ether oxygens (including phenoxy) is 1. The van der Waals surface area contributed by atoms with Crippen LogP contribution in [0, 0.1) is 0 Å². The highest BCUT2D eigenvalue weighted by atomic mass is 19.4.